The van der Waals surface area contributed by atoms with Crippen molar-refractivity contribution in [3.63, 3.8) is 0 Å². The van der Waals surface area contributed by atoms with Gasteiger partial charge in [0.1, 0.15) is 11.4 Å². The highest BCUT2D eigenvalue weighted by Crippen LogP contribution is 2.42. The first-order chi connectivity index (χ1) is 12.5. The summed E-state index contributed by atoms with van der Waals surface area (Å²) < 4.78 is 0. The van der Waals surface area contributed by atoms with Gasteiger partial charge in [0, 0.05) is 38.7 Å². The third-order valence-electron chi connectivity index (χ3n) is 5.82. The van der Waals surface area contributed by atoms with Gasteiger partial charge in [-0.25, -0.2) is 4.98 Å². The summed E-state index contributed by atoms with van der Waals surface area (Å²) in [5.74, 6) is -0.245. The molecule has 138 valence electrons. The van der Waals surface area contributed by atoms with Gasteiger partial charge in [0.15, 0.2) is 5.78 Å². The van der Waals surface area contributed by atoms with Crippen molar-refractivity contribution < 1.29 is 9.59 Å². The van der Waals surface area contributed by atoms with Crippen LogP contribution in [-0.2, 0) is 12.0 Å². The number of amides is 1. The van der Waals surface area contributed by atoms with Gasteiger partial charge < -0.3 is 9.88 Å². The Morgan fingerprint density at radius 3 is 2.69 bits per heavy atom. The fraction of sp³-hybridized carbons (Fsp3) is 0.556. The molecule has 26 heavy (non-hydrogen) atoms. The Bertz CT molecular complexity index is 830. The van der Waals surface area contributed by atoms with Crippen LogP contribution in [-0.4, -0.2) is 67.8 Å². The molecule has 2 aromatic heterocycles. The number of carbonyl (C=O) groups excluding carboxylic acids is 2. The number of aromatic amines is 2. The molecule has 2 N–H and O–H groups in total. The summed E-state index contributed by atoms with van der Waals surface area (Å²) in [6.07, 6.45) is 4.50. The van der Waals surface area contributed by atoms with Crippen molar-refractivity contribution in [2.24, 2.45) is 0 Å². The molecule has 2 aliphatic heterocycles. The second-order valence-electron chi connectivity index (χ2n) is 7.11. The molecule has 0 aromatic carbocycles. The van der Waals surface area contributed by atoms with E-state index in [9.17, 15) is 9.59 Å². The summed E-state index contributed by atoms with van der Waals surface area (Å²) in [7, 11) is 0. The number of aromatic nitrogens is 4. The maximum Gasteiger partial charge on any atom is 0.271 e. The molecular weight excluding hydrogens is 332 g/mol. The van der Waals surface area contributed by atoms with Gasteiger partial charge in [-0.15, -0.1) is 0 Å². The third kappa shape index (κ3) is 2.56. The van der Waals surface area contributed by atoms with Crippen molar-refractivity contribution >= 4 is 11.7 Å². The van der Waals surface area contributed by atoms with Crippen LogP contribution in [0.4, 0.5) is 0 Å². The largest absolute Gasteiger partial charge is 0.348 e. The van der Waals surface area contributed by atoms with E-state index >= 15 is 0 Å². The Hall–Kier alpha value is -2.48. The number of hydrogen-bond acceptors (Lipinski definition) is 5. The first-order valence-electron chi connectivity index (χ1n) is 9.18. The van der Waals surface area contributed by atoms with Crippen LogP contribution in [0.5, 0.6) is 0 Å². The molecule has 1 amide bonds. The Kier molecular flexibility index (Phi) is 4.14. The number of nitrogens with one attached hydrogen (secondary N) is 2. The molecule has 8 nitrogen and oxygen atoms in total. The summed E-state index contributed by atoms with van der Waals surface area (Å²) in [5.41, 5.74) is 2.97. The zero-order valence-electron chi connectivity index (χ0n) is 15.2. The van der Waals surface area contributed by atoms with Gasteiger partial charge in [-0.2, -0.15) is 5.10 Å². The first-order valence-corrected chi connectivity index (χ1v) is 9.18. The average molecular weight is 356 g/mol. The summed E-state index contributed by atoms with van der Waals surface area (Å²) in [6, 6.07) is 1.54. The van der Waals surface area contributed by atoms with E-state index in [1.165, 1.54) is 12.6 Å². The number of rotatable bonds is 3. The summed E-state index contributed by atoms with van der Waals surface area (Å²) >= 11 is 0. The molecule has 0 atom stereocenters. The van der Waals surface area contributed by atoms with Crippen LogP contribution < -0.4 is 0 Å². The second kappa shape index (κ2) is 6.35. The number of likely N-dealkylation sites (N-methyl/N-ethyl adjacent to an activating group) is 1. The van der Waals surface area contributed by atoms with Gasteiger partial charge in [-0.3, -0.25) is 19.6 Å². The highest BCUT2D eigenvalue weighted by molar-refractivity contribution is 5.97. The minimum absolute atomic E-state index is 0.0857. The molecular formula is C18H24N6O2. The Labute approximate surface area is 152 Å². The smallest absolute Gasteiger partial charge is 0.271 e. The average Bonchev–Trinajstić information content (AvgIpc) is 3.32. The van der Waals surface area contributed by atoms with E-state index in [0.29, 0.717) is 24.5 Å². The standard InChI is InChI=1S/C18H24N6O2/c1-3-24-7-4-13-16(20-11-19-13)18(24)5-8-23(9-6-18)17(26)15-10-14(12(2)25)21-22-15/h10-11H,3-9H2,1-2H3,(H,19,20)(H,21,22). The van der Waals surface area contributed by atoms with E-state index in [1.807, 2.05) is 4.90 Å². The number of fused-ring (bicyclic) bond motifs is 2. The monoisotopic (exact) mass is 356 g/mol. The number of hydrogen-bond donors (Lipinski definition) is 2. The van der Waals surface area contributed by atoms with Crippen LogP contribution in [0.2, 0.25) is 0 Å². The third-order valence-corrected chi connectivity index (χ3v) is 5.82. The Balaban J connectivity index is 1.53. The van der Waals surface area contributed by atoms with E-state index in [-0.39, 0.29) is 17.2 Å². The molecule has 1 spiro atoms. The number of imidazole rings is 1. The zero-order chi connectivity index (χ0) is 18.3. The van der Waals surface area contributed by atoms with Gasteiger partial charge >= 0.3 is 0 Å². The lowest BCUT2D eigenvalue weighted by Crippen LogP contribution is -2.57. The molecule has 0 unspecified atom stereocenters. The molecule has 1 fully saturated rings. The number of Topliss-reactive ketones (excluding diaryl/α,β-unsaturated/α-hetero) is 1. The van der Waals surface area contributed by atoms with Crippen LogP contribution in [0, 0.1) is 0 Å². The van der Waals surface area contributed by atoms with Crippen LogP contribution >= 0.6 is 0 Å². The van der Waals surface area contributed by atoms with Crippen LogP contribution in [0.3, 0.4) is 0 Å². The van der Waals surface area contributed by atoms with Crippen LogP contribution in [0.25, 0.3) is 0 Å². The predicted molar refractivity (Wildman–Crippen MR) is 94.9 cm³/mol. The molecule has 4 rings (SSSR count). The van der Waals surface area contributed by atoms with Crippen LogP contribution in [0.1, 0.15) is 59.1 Å². The summed E-state index contributed by atoms with van der Waals surface area (Å²) in [4.78, 5) is 36.4. The molecule has 2 aliphatic rings. The van der Waals surface area contributed by atoms with E-state index < -0.39 is 0 Å². The number of piperidine rings is 1. The minimum atomic E-state index is -0.148. The number of H-pyrrole nitrogens is 2. The number of carbonyl (C=O) groups is 2. The quantitative estimate of drug-likeness (QED) is 0.809. The number of nitrogens with zero attached hydrogens (tertiary/aromatic N) is 4. The lowest BCUT2D eigenvalue weighted by Gasteiger charge is -2.50. The topological polar surface area (TPSA) is 98.0 Å². The van der Waals surface area contributed by atoms with Gasteiger partial charge in [0.05, 0.1) is 17.6 Å². The summed E-state index contributed by atoms with van der Waals surface area (Å²) in [5, 5.41) is 6.62. The maximum absolute atomic E-state index is 12.8. The highest BCUT2D eigenvalue weighted by Gasteiger charge is 2.46. The molecule has 0 aliphatic carbocycles. The van der Waals surface area contributed by atoms with Crippen molar-refractivity contribution in [3.05, 3.63) is 35.2 Å². The SMILES string of the molecule is CCN1CCc2[nH]cnc2C12CCN(C(=O)c1cc(C(C)=O)n[nH]1)CC2. The predicted octanol–water partition coefficient (Wildman–Crippen LogP) is 1.34. The molecule has 8 heteroatoms. The molecule has 4 heterocycles. The summed E-state index contributed by atoms with van der Waals surface area (Å²) in [6.45, 7) is 6.95. The van der Waals surface area contributed by atoms with E-state index in [0.717, 1.165) is 38.0 Å². The van der Waals surface area contributed by atoms with Crippen molar-refractivity contribution in [3.8, 4) is 0 Å². The van der Waals surface area contributed by atoms with Gasteiger partial charge in [-0.05, 0) is 25.5 Å². The van der Waals surface area contributed by atoms with Crippen molar-refractivity contribution in [2.75, 3.05) is 26.2 Å². The van der Waals surface area contributed by atoms with Crippen molar-refractivity contribution in [2.45, 2.75) is 38.6 Å². The maximum atomic E-state index is 12.8. The zero-order valence-corrected chi connectivity index (χ0v) is 15.2. The number of ketones is 1. The lowest BCUT2D eigenvalue weighted by atomic mass is 9.78. The second-order valence-corrected chi connectivity index (χ2v) is 7.11. The molecule has 0 bridgehead atoms. The van der Waals surface area contributed by atoms with Gasteiger partial charge in [0.25, 0.3) is 5.91 Å². The molecule has 2 aromatic rings. The first kappa shape index (κ1) is 17.0. The minimum Gasteiger partial charge on any atom is -0.348 e. The van der Waals surface area contributed by atoms with Crippen molar-refractivity contribution in [1.82, 2.24) is 30.0 Å². The lowest BCUT2D eigenvalue weighted by molar-refractivity contribution is 0.0101. The van der Waals surface area contributed by atoms with Crippen molar-refractivity contribution in [1.29, 1.82) is 0 Å². The highest BCUT2D eigenvalue weighted by atomic mass is 16.2. The van der Waals surface area contributed by atoms with E-state index in [4.69, 9.17) is 0 Å². The van der Waals surface area contributed by atoms with Gasteiger partial charge in [-0.1, -0.05) is 6.92 Å². The number of likely N-dealkylation sites (tertiary alicyclic amines) is 1. The normalized spacial score (nSPS) is 19.5. The molecule has 0 saturated carbocycles. The Morgan fingerprint density at radius 1 is 1.27 bits per heavy atom. The fourth-order valence-corrected chi connectivity index (χ4v) is 4.40. The van der Waals surface area contributed by atoms with Gasteiger partial charge in [0.2, 0.25) is 0 Å². The van der Waals surface area contributed by atoms with E-state index in [2.05, 4.69) is 32.0 Å². The Morgan fingerprint density at radius 2 is 2.04 bits per heavy atom. The molecule has 1 saturated heterocycles. The molecule has 0 radical (unpaired) electrons. The van der Waals surface area contributed by atoms with E-state index in [1.54, 1.807) is 12.4 Å². The van der Waals surface area contributed by atoms with Crippen LogP contribution in [0.15, 0.2) is 12.4 Å². The fourth-order valence-electron chi connectivity index (χ4n) is 4.40.